The molecule has 0 aliphatic carbocycles. The molecular formula is C22H31N3O. The molecule has 0 unspecified atom stereocenters. The van der Waals surface area contributed by atoms with Crippen molar-refractivity contribution in [2.45, 2.75) is 38.6 Å². The molecule has 0 atom stereocenters. The maximum absolute atomic E-state index is 5.87. The van der Waals surface area contributed by atoms with Crippen molar-refractivity contribution in [2.24, 2.45) is 0 Å². The van der Waals surface area contributed by atoms with E-state index in [1.54, 1.807) is 0 Å². The summed E-state index contributed by atoms with van der Waals surface area (Å²) in [5, 5.41) is 0. The Labute approximate surface area is 157 Å². The molecule has 0 saturated carbocycles. The summed E-state index contributed by atoms with van der Waals surface area (Å²) in [6.07, 6.45) is 6.51. The highest BCUT2D eigenvalue weighted by molar-refractivity contribution is 5.41. The van der Waals surface area contributed by atoms with Gasteiger partial charge in [-0.1, -0.05) is 36.8 Å². The summed E-state index contributed by atoms with van der Waals surface area (Å²) in [5.74, 6) is 0.961. The number of hydrogen-bond acceptors (Lipinski definition) is 4. The van der Waals surface area contributed by atoms with Crippen LogP contribution in [0, 0.1) is 0 Å². The third-order valence-electron chi connectivity index (χ3n) is 4.81. The van der Waals surface area contributed by atoms with E-state index < -0.39 is 0 Å². The minimum Gasteiger partial charge on any atom is -0.494 e. The van der Waals surface area contributed by atoms with Gasteiger partial charge in [-0.15, -0.1) is 0 Å². The van der Waals surface area contributed by atoms with Crippen LogP contribution in [0.15, 0.2) is 54.6 Å². The summed E-state index contributed by atoms with van der Waals surface area (Å²) in [6, 6.07) is 18.5. The average molecular weight is 354 g/mol. The number of para-hydroxylation sites is 1. The molecule has 2 aromatic rings. The summed E-state index contributed by atoms with van der Waals surface area (Å²) in [4.78, 5) is 2.59. The molecule has 3 rings (SSSR count). The molecule has 0 aromatic heterocycles. The molecule has 2 aromatic carbocycles. The number of nitrogens with one attached hydrogen (secondary N) is 2. The number of hydrogen-bond donors (Lipinski definition) is 2. The Morgan fingerprint density at radius 1 is 0.846 bits per heavy atom. The molecule has 1 aliphatic heterocycles. The predicted octanol–water partition coefficient (Wildman–Crippen LogP) is 4.45. The summed E-state index contributed by atoms with van der Waals surface area (Å²) >= 11 is 0. The van der Waals surface area contributed by atoms with E-state index in [-0.39, 0.29) is 0 Å². The van der Waals surface area contributed by atoms with E-state index in [1.807, 2.05) is 30.3 Å². The molecule has 1 aliphatic rings. The minimum atomic E-state index is 0.769. The van der Waals surface area contributed by atoms with Crippen molar-refractivity contribution in [3.05, 3.63) is 60.2 Å². The number of ether oxygens (including phenoxy) is 1. The van der Waals surface area contributed by atoms with Crippen molar-refractivity contribution in [1.29, 1.82) is 0 Å². The van der Waals surface area contributed by atoms with Gasteiger partial charge in [0.05, 0.1) is 6.61 Å². The first-order valence-electron chi connectivity index (χ1n) is 9.88. The van der Waals surface area contributed by atoms with Crippen molar-refractivity contribution in [2.75, 3.05) is 31.7 Å². The van der Waals surface area contributed by atoms with Crippen LogP contribution >= 0.6 is 0 Å². The Balaban J connectivity index is 1.27. The molecule has 0 amide bonds. The molecule has 1 saturated heterocycles. The van der Waals surface area contributed by atoms with Crippen molar-refractivity contribution < 1.29 is 4.74 Å². The van der Waals surface area contributed by atoms with Gasteiger partial charge in [0.2, 0.25) is 0 Å². The summed E-state index contributed by atoms with van der Waals surface area (Å²) in [7, 11) is 0. The van der Waals surface area contributed by atoms with Crippen LogP contribution in [0.2, 0.25) is 0 Å². The zero-order valence-corrected chi connectivity index (χ0v) is 15.6. The number of benzene rings is 2. The molecule has 0 radical (unpaired) electrons. The van der Waals surface area contributed by atoms with E-state index in [9.17, 15) is 0 Å². The Kier molecular flexibility index (Phi) is 7.81. The van der Waals surface area contributed by atoms with Gasteiger partial charge < -0.3 is 15.1 Å². The van der Waals surface area contributed by atoms with Crippen LogP contribution in [0.4, 0.5) is 5.69 Å². The molecule has 0 bridgehead atoms. The second kappa shape index (κ2) is 10.8. The van der Waals surface area contributed by atoms with Crippen molar-refractivity contribution in [1.82, 2.24) is 10.3 Å². The highest BCUT2D eigenvalue weighted by atomic mass is 16.5. The lowest BCUT2D eigenvalue weighted by Gasteiger charge is -2.26. The molecule has 4 heteroatoms. The lowest BCUT2D eigenvalue weighted by Crippen LogP contribution is -2.30. The minimum absolute atomic E-state index is 0.769. The number of hydrazine groups is 1. The fraction of sp³-hybridized carbons (Fsp3) is 0.455. The monoisotopic (exact) mass is 353 g/mol. The smallest absolute Gasteiger partial charge is 0.119 e. The van der Waals surface area contributed by atoms with Gasteiger partial charge in [-0.25, -0.2) is 5.43 Å². The fourth-order valence-corrected chi connectivity index (χ4v) is 3.28. The molecule has 2 N–H and O–H groups in total. The zero-order valence-electron chi connectivity index (χ0n) is 15.6. The van der Waals surface area contributed by atoms with E-state index in [0.29, 0.717) is 0 Å². The van der Waals surface area contributed by atoms with Crippen LogP contribution in [0.3, 0.4) is 0 Å². The second-order valence-corrected chi connectivity index (χ2v) is 6.95. The lowest BCUT2D eigenvalue weighted by atomic mass is 10.1. The highest BCUT2D eigenvalue weighted by Gasteiger charge is 2.08. The van der Waals surface area contributed by atoms with Gasteiger partial charge in [0, 0.05) is 12.2 Å². The van der Waals surface area contributed by atoms with Crippen LogP contribution in [-0.2, 0) is 6.54 Å². The average Bonchev–Trinajstić information content (AvgIpc) is 2.70. The number of unbranched alkanes of at least 4 members (excludes halogenated alkanes) is 1. The zero-order chi connectivity index (χ0) is 17.9. The quantitative estimate of drug-likeness (QED) is 0.489. The van der Waals surface area contributed by atoms with Gasteiger partial charge in [-0.3, -0.25) is 0 Å². The van der Waals surface area contributed by atoms with E-state index in [4.69, 9.17) is 4.74 Å². The Bertz CT molecular complexity index is 609. The first-order valence-corrected chi connectivity index (χ1v) is 9.88. The summed E-state index contributed by atoms with van der Waals surface area (Å²) in [6.45, 7) is 5.37. The van der Waals surface area contributed by atoms with Gasteiger partial charge in [0.1, 0.15) is 5.75 Å². The van der Waals surface area contributed by atoms with Crippen LogP contribution in [0.5, 0.6) is 5.75 Å². The molecule has 140 valence electrons. The first kappa shape index (κ1) is 18.7. The summed E-state index contributed by atoms with van der Waals surface area (Å²) < 4.78 is 5.87. The standard InChI is InChI=1S/C22H31N3O/c1-3-9-21(10-4-1)24-23-19-20-11-13-22(14-12-20)26-18-8-7-17-25-15-5-2-6-16-25/h1,3-4,9-14,23-24H,2,5-8,15-19H2. The third kappa shape index (κ3) is 6.70. The molecule has 0 spiro atoms. The molecule has 4 nitrogen and oxygen atoms in total. The van der Waals surface area contributed by atoms with Gasteiger partial charge >= 0.3 is 0 Å². The van der Waals surface area contributed by atoms with Crippen molar-refractivity contribution in [3.8, 4) is 5.75 Å². The topological polar surface area (TPSA) is 36.5 Å². The fourth-order valence-electron chi connectivity index (χ4n) is 3.28. The highest BCUT2D eigenvalue weighted by Crippen LogP contribution is 2.14. The molecule has 26 heavy (non-hydrogen) atoms. The predicted molar refractivity (Wildman–Crippen MR) is 108 cm³/mol. The van der Waals surface area contributed by atoms with Gasteiger partial charge in [-0.2, -0.15) is 0 Å². The second-order valence-electron chi connectivity index (χ2n) is 6.95. The number of rotatable bonds is 10. The Hall–Kier alpha value is -2.04. The van der Waals surface area contributed by atoms with Gasteiger partial charge in [-0.05, 0) is 75.1 Å². The number of piperidine rings is 1. The Morgan fingerprint density at radius 2 is 1.62 bits per heavy atom. The van der Waals surface area contributed by atoms with Crippen molar-refractivity contribution in [3.63, 3.8) is 0 Å². The summed E-state index contributed by atoms with van der Waals surface area (Å²) in [5.41, 5.74) is 8.73. The van der Waals surface area contributed by atoms with Crippen molar-refractivity contribution >= 4 is 5.69 Å². The van der Waals surface area contributed by atoms with E-state index in [0.717, 1.165) is 31.0 Å². The normalized spacial score (nSPS) is 14.9. The van der Waals surface area contributed by atoms with Gasteiger partial charge in [0.25, 0.3) is 0 Å². The van der Waals surface area contributed by atoms with Crippen LogP contribution in [0.25, 0.3) is 0 Å². The van der Waals surface area contributed by atoms with Crippen LogP contribution < -0.4 is 15.6 Å². The van der Waals surface area contributed by atoms with E-state index >= 15 is 0 Å². The lowest BCUT2D eigenvalue weighted by molar-refractivity contribution is 0.216. The van der Waals surface area contributed by atoms with Crippen LogP contribution in [-0.4, -0.2) is 31.1 Å². The largest absolute Gasteiger partial charge is 0.494 e. The van der Waals surface area contributed by atoms with E-state index in [1.165, 1.54) is 50.9 Å². The maximum atomic E-state index is 5.87. The Morgan fingerprint density at radius 3 is 2.38 bits per heavy atom. The third-order valence-corrected chi connectivity index (χ3v) is 4.81. The SMILES string of the molecule is c1ccc(NNCc2ccc(OCCCCN3CCCCC3)cc2)cc1. The number of nitrogens with zero attached hydrogens (tertiary/aromatic N) is 1. The number of likely N-dealkylation sites (tertiary alicyclic amines) is 1. The molecule has 1 heterocycles. The van der Waals surface area contributed by atoms with E-state index in [2.05, 4.69) is 40.0 Å². The molecule has 1 fully saturated rings. The van der Waals surface area contributed by atoms with Gasteiger partial charge in [0.15, 0.2) is 0 Å². The molecular weight excluding hydrogens is 322 g/mol. The maximum Gasteiger partial charge on any atom is 0.119 e. The first-order chi connectivity index (χ1) is 12.9. The van der Waals surface area contributed by atoms with Crippen LogP contribution in [0.1, 0.15) is 37.7 Å². The number of anilines is 1.